The number of hydrogen-bond acceptors (Lipinski definition) is 7. The maximum atomic E-state index is 12.5. The van der Waals surface area contributed by atoms with Gasteiger partial charge in [-0.3, -0.25) is 0 Å². The van der Waals surface area contributed by atoms with Crippen LogP contribution in [0.3, 0.4) is 0 Å². The average Bonchev–Trinajstić information content (AvgIpc) is 2.64. The van der Waals surface area contributed by atoms with Gasteiger partial charge in [0, 0.05) is 32.9 Å². The molecule has 2 N–H and O–H groups in total. The lowest BCUT2D eigenvalue weighted by Gasteiger charge is -2.35. The van der Waals surface area contributed by atoms with Gasteiger partial charge in [0.1, 0.15) is 11.9 Å². The van der Waals surface area contributed by atoms with E-state index in [1.165, 1.54) is 29.1 Å². The molecule has 0 aromatic carbocycles. The van der Waals surface area contributed by atoms with Gasteiger partial charge in [-0.1, -0.05) is 0 Å². The number of anilines is 1. The molecule has 2 heterocycles. The summed E-state index contributed by atoms with van der Waals surface area (Å²) in [6.07, 6.45) is 0.110. The summed E-state index contributed by atoms with van der Waals surface area (Å²) in [6, 6.07) is 1.78. The number of ether oxygens (including phenoxy) is 1. The van der Waals surface area contributed by atoms with Crippen LogP contribution in [0, 0.1) is 0 Å². The van der Waals surface area contributed by atoms with E-state index in [4.69, 9.17) is 14.6 Å². The van der Waals surface area contributed by atoms with Crippen LogP contribution in [0.2, 0.25) is 0 Å². The van der Waals surface area contributed by atoms with Crippen molar-refractivity contribution in [1.82, 2.24) is 18.6 Å². The van der Waals surface area contributed by atoms with Gasteiger partial charge in [0.05, 0.1) is 13.2 Å². The highest BCUT2D eigenvalue weighted by Crippen LogP contribution is 2.27. The number of carboxylic acids is 1. The van der Waals surface area contributed by atoms with Crippen molar-refractivity contribution < 1.29 is 36.2 Å². The quantitative estimate of drug-likeness (QED) is 0.680. The Hall–Kier alpha value is -2.03. The molecule has 10 nitrogen and oxygen atoms in total. The van der Waals surface area contributed by atoms with Gasteiger partial charge in [-0.05, 0) is 25.3 Å². The van der Waals surface area contributed by atoms with Crippen LogP contribution in [0.15, 0.2) is 12.3 Å². The summed E-state index contributed by atoms with van der Waals surface area (Å²) in [5.41, 5.74) is 0. The molecular formula is C16H24F3N5O5S. The predicted octanol–water partition coefficient (Wildman–Crippen LogP) is 1.25. The van der Waals surface area contributed by atoms with Crippen molar-refractivity contribution in [2.45, 2.75) is 37.5 Å². The number of aliphatic carboxylic acids is 1. The Kier molecular flexibility index (Phi) is 7.96. The molecule has 30 heavy (non-hydrogen) atoms. The number of rotatable bonds is 5. The molecule has 0 amide bonds. The minimum absolute atomic E-state index is 0.264. The van der Waals surface area contributed by atoms with Crippen molar-refractivity contribution in [2.24, 2.45) is 0 Å². The smallest absolute Gasteiger partial charge is 0.475 e. The summed E-state index contributed by atoms with van der Waals surface area (Å²) in [7, 11) is -0.490. The minimum atomic E-state index is -5.08. The molecule has 3 rings (SSSR count). The van der Waals surface area contributed by atoms with E-state index in [-0.39, 0.29) is 6.61 Å². The Bertz CT molecular complexity index is 833. The Labute approximate surface area is 172 Å². The van der Waals surface area contributed by atoms with E-state index >= 15 is 0 Å². The fraction of sp³-hybridized carbons (Fsp3) is 0.688. The topological polar surface area (TPSA) is 125 Å². The van der Waals surface area contributed by atoms with Crippen LogP contribution in [0.25, 0.3) is 0 Å². The first-order valence-corrected chi connectivity index (χ1v) is 10.5. The normalized spacial score (nSPS) is 20.8. The Morgan fingerprint density at radius 3 is 2.50 bits per heavy atom. The van der Waals surface area contributed by atoms with Crippen molar-refractivity contribution >= 4 is 22.0 Å². The fourth-order valence-corrected chi connectivity index (χ4v) is 3.86. The second-order valence-corrected chi connectivity index (χ2v) is 8.96. The largest absolute Gasteiger partial charge is 0.490 e. The van der Waals surface area contributed by atoms with E-state index in [1.54, 1.807) is 6.20 Å². The SMILES string of the molecule is CN(C)S(=O)(=O)N1CCOCC1c1nccc(NC2CCC2)n1.O=C(O)C(F)(F)F. The van der Waals surface area contributed by atoms with Crippen molar-refractivity contribution in [3.8, 4) is 0 Å². The summed E-state index contributed by atoms with van der Waals surface area (Å²) in [4.78, 5) is 17.7. The third kappa shape index (κ3) is 6.23. The van der Waals surface area contributed by atoms with Gasteiger partial charge >= 0.3 is 12.1 Å². The second kappa shape index (κ2) is 9.85. The van der Waals surface area contributed by atoms with E-state index in [9.17, 15) is 21.6 Å². The van der Waals surface area contributed by atoms with Gasteiger partial charge in [0.2, 0.25) is 0 Å². The Morgan fingerprint density at radius 1 is 1.37 bits per heavy atom. The number of carboxylic acid groups (broad SMARTS) is 1. The number of morpholine rings is 1. The predicted molar refractivity (Wildman–Crippen MR) is 99.9 cm³/mol. The highest BCUT2D eigenvalue weighted by atomic mass is 32.2. The number of alkyl halides is 3. The van der Waals surface area contributed by atoms with E-state index in [2.05, 4.69) is 15.3 Å². The van der Waals surface area contributed by atoms with Crippen LogP contribution < -0.4 is 5.32 Å². The first kappa shape index (κ1) is 24.2. The summed E-state index contributed by atoms with van der Waals surface area (Å²) in [6.45, 7) is 0.943. The molecule has 1 atom stereocenters. The fourth-order valence-electron chi connectivity index (χ4n) is 2.65. The third-order valence-corrected chi connectivity index (χ3v) is 6.46. The van der Waals surface area contributed by atoms with Crippen LogP contribution >= 0.6 is 0 Å². The summed E-state index contributed by atoms with van der Waals surface area (Å²) >= 11 is 0. The number of nitrogens with zero attached hydrogens (tertiary/aromatic N) is 4. The molecule has 2 aliphatic rings. The maximum Gasteiger partial charge on any atom is 0.490 e. The Balaban J connectivity index is 0.000000396. The first-order valence-electron chi connectivity index (χ1n) is 9.09. The monoisotopic (exact) mass is 455 g/mol. The van der Waals surface area contributed by atoms with Crippen LogP contribution in [0.4, 0.5) is 19.0 Å². The lowest BCUT2D eigenvalue weighted by atomic mass is 9.93. The van der Waals surface area contributed by atoms with E-state index in [0.29, 0.717) is 25.0 Å². The van der Waals surface area contributed by atoms with Gasteiger partial charge in [-0.15, -0.1) is 0 Å². The molecule has 0 bridgehead atoms. The van der Waals surface area contributed by atoms with Crippen molar-refractivity contribution in [1.29, 1.82) is 0 Å². The van der Waals surface area contributed by atoms with Gasteiger partial charge in [0.15, 0.2) is 5.82 Å². The van der Waals surface area contributed by atoms with Gasteiger partial charge in [-0.2, -0.15) is 30.2 Å². The number of halogens is 3. The highest BCUT2D eigenvalue weighted by molar-refractivity contribution is 7.86. The molecule has 0 spiro atoms. The molecule has 1 aliphatic heterocycles. The summed E-state index contributed by atoms with van der Waals surface area (Å²) in [5, 5.41) is 10.5. The van der Waals surface area contributed by atoms with E-state index in [1.807, 2.05) is 6.07 Å². The molecule has 170 valence electrons. The van der Waals surface area contributed by atoms with Crippen LogP contribution in [0.1, 0.15) is 31.1 Å². The van der Waals surface area contributed by atoms with Gasteiger partial charge in [-0.25, -0.2) is 14.8 Å². The van der Waals surface area contributed by atoms with Crippen LogP contribution in [0.5, 0.6) is 0 Å². The first-order chi connectivity index (χ1) is 13.9. The summed E-state index contributed by atoms with van der Waals surface area (Å²) < 4.78 is 64.9. The number of carbonyl (C=O) groups is 1. The van der Waals surface area contributed by atoms with Crippen LogP contribution in [-0.2, 0) is 19.7 Å². The molecule has 0 radical (unpaired) electrons. The number of hydrogen-bond donors (Lipinski definition) is 2. The zero-order valence-corrected chi connectivity index (χ0v) is 17.3. The van der Waals surface area contributed by atoms with E-state index < -0.39 is 28.4 Å². The molecule has 1 aromatic heterocycles. The molecule has 1 saturated heterocycles. The lowest BCUT2D eigenvalue weighted by Crippen LogP contribution is -2.48. The van der Waals surface area contributed by atoms with Crippen LogP contribution in [-0.4, -0.2) is 84.1 Å². The summed E-state index contributed by atoms with van der Waals surface area (Å²) in [5.74, 6) is -1.54. The third-order valence-electron chi connectivity index (χ3n) is 4.51. The molecule has 2 fully saturated rings. The van der Waals surface area contributed by atoms with Gasteiger partial charge < -0.3 is 15.2 Å². The zero-order valence-electron chi connectivity index (χ0n) is 16.5. The molecular weight excluding hydrogens is 431 g/mol. The van der Waals surface area contributed by atoms with Gasteiger partial charge in [0.25, 0.3) is 10.2 Å². The van der Waals surface area contributed by atoms with Crippen molar-refractivity contribution in [2.75, 3.05) is 39.2 Å². The zero-order chi connectivity index (χ0) is 22.5. The molecule has 1 aliphatic carbocycles. The molecule has 14 heteroatoms. The van der Waals surface area contributed by atoms with Crippen molar-refractivity contribution in [3.05, 3.63) is 18.1 Å². The minimum Gasteiger partial charge on any atom is -0.475 e. The number of nitrogens with one attached hydrogen (secondary N) is 1. The Morgan fingerprint density at radius 2 is 2.00 bits per heavy atom. The molecule has 1 unspecified atom stereocenters. The number of aromatic nitrogens is 2. The maximum absolute atomic E-state index is 12.5. The van der Waals surface area contributed by atoms with E-state index in [0.717, 1.165) is 18.7 Å². The van der Waals surface area contributed by atoms with Crippen molar-refractivity contribution in [3.63, 3.8) is 0 Å². The standard InChI is InChI=1S/C14H23N5O3S.C2HF3O2/c1-18(2)23(20,21)19-8-9-22-10-12(19)14-15-7-6-13(17-14)16-11-4-3-5-11;3-2(4,5)1(6)7/h6-7,11-12H,3-5,8-10H2,1-2H3,(H,15,16,17);(H,6,7). The molecule has 1 aromatic rings. The average molecular weight is 455 g/mol. The highest BCUT2D eigenvalue weighted by Gasteiger charge is 2.38. The molecule has 1 saturated carbocycles. The second-order valence-electron chi connectivity index (χ2n) is 6.87. The lowest BCUT2D eigenvalue weighted by molar-refractivity contribution is -0.192.